The molecule has 3 N–H and O–H groups in total. The molecule has 0 radical (unpaired) electrons. The Kier molecular flexibility index (Phi) is 7.18. The van der Waals surface area contributed by atoms with E-state index in [4.69, 9.17) is 10.5 Å². The molecule has 0 atom stereocenters. The summed E-state index contributed by atoms with van der Waals surface area (Å²) in [5.74, 6) is 0.374. The smallest absolute Gasteiger partial charge is 0.188 e. The molecule has 7 heteroatoms. The third-order valence-electron chi connectivity index (χ3n) is 2.76. The SMILES string of the molecule is CCOCCCNC(N)=NCc1ccc(S(C)(=O)=O)cc1. The highest BCUT2D eigenvalue weighted by Gasteiger charge is 2.05. The first-order valence-electron chi connectivity index (χ1n) is 6.84. The van der Waals surface area contributed by atoms with Gasteiger partial charge < -0.3 is 15.8 Å². The molecule has 0 fully saturated rings. The molecule has 1 aromatic carbocycles. The van der Waals surface area contributed by atoms with Gasteiger partial charge in [-0.3, -0.25) is 0 Å². The molecule has 0 saturated carbocycles. The summed E-state index contributed by atoms with van der Waals surface area (Å²) in [5.41, 5.74) is 6.64. The summed E-state index contributed by atoms with van der Waals surface area (Å²) in [6.45, 7) is 4.49. The maximum absolute atomic E-state index is 11.3. The minimum Gasteiger partial charge on any atom is -0.382 e. The van der Waals surface area contributed by atoms with Crippen LogP contribution in [0.4, 0.5) is 0 Å². The standard InChI is InChI=1S/C14H23N3O3S/c1-3-20-10-4-9-16-14(15)17-11-12-5-7-13(8-6-12)21(2,18)19/h5-8H,3-4,9-11H2,1-2H3,(H3,15,16,17). The maximum atomic E-state index is 11.3. The van der Waals surface area contributed by atoms with Crippen LogP contribution in [0.25, 0.3) is 0 Å². The Morgan fingerprint density at radius 2 is 2.00 bits per heavy atom. The number of benzene rings is 1. The Balaban J connectivity index is 2.41. The summed E-state index contributed by atoms with van der Waals surface area (Å²) >= 11 is 0. The van der Waals surface area contributed by atoms with Crippen LogP contribution in [-0.4, -0.2) is 40.4 Å². The molecule has 1 aromatic rings. The quantitative estimate of drug-likeness (QED) is 0.423. The molecule has 0 heterocycles. The fourth-order valence-electron chi connectivity index (χ4n) is 1.61. The van der Waals surface area contributed by atoms with E-state index in [0.29, 0.717) is 37.2 Å². The lowest BCUT2D eigenvalue weighted by atomic mass is 10.2. The number of aliphatic imine (C=N–C) groups is 1. The largest absolute Gasteiger partial charge is 0.382 e. The van der Waals surface area contributed by atoms with Crippen LogP contribution in [-0.2, 0) is 21.1 Å². The maximum Gasteiger partial charge on any atom is 0.188 e. The number of sulfone groups is 1. The van der Waals surface area contributed by atoms with Gasteiger partial charge in [-0.15, -0.1) is 0 Å². The molecule has 0 unspecified atom stereocenters. The molecule has 0 aliphatic carbocycles. The summed E-state index contributed by atoms with van der Waals surface area (Å²) in [6.07, 6.45) is 2.05. The van der Waals surface area contributed by atoms with Gasteiger partial charge in [-0.1, -0.05) is 12.1 Å². The van der Waals surface area contributed by atoms with Crippen LogP contribution in [0, 0.1) is 0 Å². The first kappa shape index (κ1) is 17.5. The van der Waals surface area contributed by atoms with Crippen molar-refractivity contribution in [2.45, 2.75) is 24.8 Å². The highest BCUT2D eigenvalue weighted by Crippen LogP contribution is 2.10. The van der Waals surface area contributed by atoms with E-state index in [2.05, 4.69) is 10.3 Å². The van der Waals surface area contributed by atoms with Gasteiger partial charge in [-0.05, 0) is 31.0 Å². The molecule has 118 valence electrons. The number of hydrogen-bond acceptors (Lipinski definition) is 4. The Morgan fingerprint density at radius 1 is 1.33 bits per heavy atom. The minimum atomic E-state index is -3.16. The van der Waals surface area contributed by atoms with E-state index in [9.17, 15) is 8.42 Å². The fraction of sp³-hybridized carbons (Fsp3) is 0.500. The van der Waals surface area contributed by atoms with E-state index in [1.165, 1.54) is 6.26 Å². The van der Waals surface area contributed by atoms with Gasteiger partial charge in [0.1, 0.15) is 0 Å². The predicted octanol–water partition coefficient (Wildman–Crippen LogP) is 0.921. The number of ether oxygens (including phenoxy) is 1. The number of rotatable bonds is 8. The van der Waals surface area contributed by atoms with Gasteiger partial charge in [0.25, 0.3) is 0 Å². The average Bonchev–Trinajstić information content (AvgIpc) is 2.44. The molecule has 21 heavy (non-hydrogen) atoms. The molecule has 1 rings (SSSR count). The van der Waals surface area contributed by atoms with E-state index in [1.807, 2.05) is 6.92 Å². The van der Waals surface area contributed by atoms with Gasteiger partial charge in [-0.25, -0.2) is 13.4 Å². The van der Waals surface area contributed by atoms with E-state index in [0.717, 1.165) is 12.0 Å². The van der Waals surface area contributed by atoms with Crippen LogP contribution in [0.5, 0.6) is 0 Å². The molecule has 0 saturated heterocycles. The Bertz CT molecular complexity index is 553. The highest BCUT2D eigenvalue weighted by atomic mass is 32.2. The molecular formula is C14H23N3O3S. The zero-order valence-corrected chi connectivity index (χ0v) is 13.3. The zero-order valence-electron chi connectivity index (χ0n) is 12.5. The first-order valence-corrected chi connectivity index (χ1v) is 8.73. The molecule has 0 aliphatic rings. The lowest BCUT2D eigenvalue weighted by molar-refractivity contribution is 0.145. The predicted molar refractivity (Wildman–Crippen MR) is 84.0 cm³/mol. The molecule has 6 nitrogen and oxygen atoms in total. The van der Waals surface area contributed by atoms with Crippen molar-refractivity contribution in [2.75, 3.05) is 26.0 Å². The summed E-state index contributed by atoms with van der Waals surface area (Å²) in [5, 5.41) is 3.00. The monoisotopic (exact) mass is 313 g/mol. The van der Waals surface area contributed by atoms with Gasteiger partial charge in [0.15, 0.2) is 15.8 Å². The third kappa shape index (κ3) is 7.10. The van der Waals surface area contributed by atoms with Crippen molar-refractivity contribution in [2.24, 2.45) is 10.7 Å². The van der Waals surface area contributed by atoms with E-state index < -0.39 is 9.84 Å². The number of nitrogens with zero attached hydrogens (tertiary/aromatic N) is 1. The molecule has 0 aliphatic heterocycles. The second-order valence-corrected chi connectivity index (χ2v) is 6.61. The Hall–Kier alpha value is -1.60. The van der Waals surface area contributed by atoms with E-state index >= 15 is 0 Å². The number of hydrogen-bond donors (Lipinski definition) is 2. The summed E-state index contributed by atoms with van der Waals surface area (Å²) < 4.78 is 27.9. The zero-order chi connectivity index (χ0) is 15.7. The van der Waals surface area contributed by atoms with Crippen molar-refractivity contribution in [3.63, 3.8) is 0 Å². The van der Waals surface area contributed by atoms with Crippen molar-refractivity contribution in [3.05, 3.63) is 29.8 Å². The second-order valence-electron chi connectivity index (χ2n) is 4.59. The summed E-state index contributed by atoms with van der Waals surface area (Å²) in [6, 6.07) is 6.63. The van der Waals surface area contributed by atoms with Gasteiger partial charge in [0.05, 0.1) is 11.4 Å². The number of nitrogens with one attached hydrogen (secondary N) is 1. The second kappa shape index (κ2) is 8.63. The van der Waals surface area contributed by atoms with Crippen molar-refractivity contribution >= 4 is 15.8 Å². The summed E-state index contributed by atoms with van der Waals surface area (Å²) in [7, 11) is -3.16. The van der Waals surface area contributed by atoms with Crippen LogP contribution in [0.1, 0.15) is 18.9 Å². The minimum absolute atomic E-state index is 0.303. The van der Waals surface area contributed by atoms with Crippen LogP contribution in [0.3, 0.4) is 0 Å². The van der Waals surface area contributed by atoms with Crippen LogP contribution < -0.4 is 11.1 Å². The van der Waals surface area contributed by atoms with Gasteiger partial charge in [0.2, 0.25) is 0 Å². The van der Waals surface area contributed by atoms with E-state index in [1.54, 1.807) is 24.3 Å². The average molecular weight is 313 g/mol. The normalized spacial score (nSPS) is 12.4. The van der Waals surface area contributed by atoms with Gasteiger partial charge in [0, 0.05) is 26.0 Å². The molecule has 0 bridgehead atoms. The van der Waals surface area contributed by atoms with Crippen molar-refractivity contribution in [1.82, 2.24) is 5.32 Å². The first-order chi connectivity index (χ1) is 9.93. The highest BCUT2D eigenvalue weighted by molar-refractivity contribution is 7.90. The number of guanidine groups is 1. The lowest BCUT2D eigenvalue weighted by Crippen LogP contribution is -2.32. The topological polar surface area (TPSA) is 93.8 Å². The number of nitrogens with two attached hydrogens (primary N) is 1. The summed E-state index contributed by atoms with van der Waals surface area (Å²) in [4.78, 5) is 4.50. The third-order valence-corrected chi connectivity index (χ3v) is 3.89. The lowest BCUT2D eigenvalue weighted by Gasteiger charge is -2.06. The molecule has 0 aromatic heterocycles. The van der Waals surface area contributed by atoms with Gasteiger partial charge in [-0.2, -0.15) is 0 Å². The van der Waals surface area contributed by atoms with Crippen molar-refractivity contribution < 1.29 is 13.2 Å². The molecular weight excluding hydrogens is 290 g/mol. The van der Waals surface area contributed by atoms with Crippen molar-refractivity contribution in [3.8, 4) is 0 Å². The van der Waals surface area contributed by atoms with E-state index in [-0.39, 0.29) is 0 Å². The molecule has 0 amide bonds. The Morgan fingerprint density at radius 3 is 2.57 bits per heavy atom. The Labute approximate surface area is 126 Å². The van der Waals surface area contributed by atoms with Crippen LogP contribution in [0.2, 0.25) is 0 Å². The van der Waals surface area contributed by atoms with Gasteiger partial charge >= 0.3 is 0 Å². The van der Waals surface area contributed by atoms with Crippen molar-refractivity contribution in [1.29, 1.82) is 0 Å². The van der Waals surface area contributed by atoms with Crippen LogP contribution in [0.15, 0.2) is 34.2 Å². The fourth-order valence-corrected chi connectivity index (χ4v) is 2.24. The van der Waals surface area contributed by atoms with Crippen LogP contribution >= 0.6 is 0 Å². The molecule has 0 spiro atoms.